The Morgan fingerprint density at radius 1 is 1.34 bits per heavy atom. The zero-order valence-electron chi connectivity index (χ0n) is 20.7. The van der Waals surface area contributed by atoms with Gasteiger partial charge in [-0.25, -0.2) is 4.79 Å². The molecule has 1 aromatic rings. The lowest BCUT2D eigenvalue weighted by molar-refractivity contribution is 0.0278. The van der Waals surface area contributed by atoms with Gasteiger partial charge in [-0.05, 0) is 40.5 Å². The van der Waals surface area contributed by atoms with Crippen LogP contribution in [0.3, 0.4) is 0 Å². The van der Waals surface area contributed by atoms with E-state index >= 15 is 0 Å². The number of hydrogen-bond acceptors (Lipinski definition) is 6. The number of aliphatic imine (C=N–C) groups is 1. The zero-order chi connectivity index (χ0) is 23.0. The predicted octanol–water partition coefficient (Wildman–Crippen LogP) is 3.19. The van der Waals surface area contributed by atoms with Crippen LogP contribution in [0.15, 0.2) is 15.6 Å². The maximum Gasteiger partial charge on any atom is 0.410 e. The van der Waals surface area contributed by atoms with Crippen molar-refractivity contribution in [2.24, 2.45) is 10.9 Å². The molecular formula is C22H41IN6O3. The summed E-state index contributed by atoms with van der Waals surface area (Å²) in [5.41, 5.74) is 0.494. The minimum Gasteiger partial charge on any atom is -0.444 e. The van der Waals surface area contributed by atoms with Crippen LogP contribution in [-0.2, 0) is 11.3 Å². The van der Waals surface area contributed by atoms with Crippen molar-refractivity contribution < 1.29 is 14.1 Å². The molecule has 2 heterocycles. The molecule has 0 saturated carbocycles. The summed E-state index contributed by atoms with van der Waals surface area (Å²) in [5.74, 6) is 2.01. The average Bonchev–Trinajstić information content (AvgIpc) is 3.09. The molecule has 0 aromatic carbocycles. The largest absolute Gasteiger partial charge is 0.444 e. The van der Waals surface area contributed by atoms with Gasteiger partial charge in [0, 0.05) is 65.5 Å². The van der Waals surface area contributed by atoms with E-state index in [-0.39, 0.29) is 36.0 Å². The lowest BCUT2D eigenvalue weighted by Gasteiger charge is -2.36. The molecule has 0 radical (unpaired) electrons. The van der Waals surface area contributed by atoms with Crippen molar-refractivity contribution in [3.05, 3.63) is 17.5 Å². The number of hydrogen-bond donors (Lipinski definition) is 1. The van der Waals surface area contributed by atoms with E-state index in [0.717, 1.165) is 56.7 Å². The Hall–Kier alpha value is -1.56. The molecule has 1 amide bonds. The second-order valence-electron chi connectivity index (χ2n) is 9.35. The van der Waals surface area contributed by atoms with Crippen molar-refractivity contribution in [1.82, 2.24) is 25.2 Å². The van der Waals surface area contributed by atoms with Crippen molar-refractivity contribution in [3.8, 4) is 0 Å². The first-order chi connectivity index (χ1) is 14.6. The average molecular weight is 565 g/mol. The van der Waals surface area contributed by atoms with Gasteiger partial charge in [0.2, 0.25) is 0 Å². The Balaban J connectivity index is 0.00000512. The van der Waals surface area contributed by atoms with E-state index < -0.39 is 5.60 Å². The number of halogens is 1. The van der Waals surface area contributed by atoms with Crippen molar-refractivity contribution in [2.75, 3.05) is 52.9 Å². The van der Waals surface area contributed by atoms with E-state index in [2.05, 4.69) is 34.1 Å². The van der Waals surface area contributed by atoms with Crippen LogP contribution in [0.25, 0.3) is 0 Å². The van der Waals surface area contributed by atoms with E-state index in [1.807, 2.05) is 33.8 Å². The lowest BCUT2D eigenvalue weighted by atomic mass is 10.2. The lowest BCUT2D eigenvalue weighted by Crippen LogP contribution is -2.52. The van der Waals surface area contributed by atoms with E-state index in [4.69, 9.17) is 14.3 Å². The fourth-order valence-corrected chi connectivity index (χ4v) is 3.45. The van der Waals surface area contributed by atoms with Crippen LogP contribution < -0.4 is 5.32 Å². The maximum absolute atomic E-state index is 12.2. The molecule has 0 aliphatic carbocycles. The van der Waals surface area contributed by atoms with Gasteiger partial charge in [-0.15, -0.1) is 24.0 Å². The highest BCUT2D eigenvalue weighted by Crippen LogP contribution is 2.12. The molecule has 1 N–H and O–H groups in total. The molecule has 32 heavy (non-hydrogen) atoms. The summed E-state index contributed by atoms with van der Waals surface area (Å²) in [4.78, 5) is 23.3. The Morgan fingerprint density at radius 3 is 2.53 bits per heavy atom. The van der Waals surface area contributed by atoms with Gasteiger partial charge in [0.1, 0.15) is 11.4 Å². The Kier molecular flexibility index (Phi) is 11.8. The summed E-state index contributed by atoms with van der Waals surface area (Å²) in [6, 6.07) is 1.99. The zero-order valence-corrected chi connectivity index (χ0v) is 23.0. The van der Waals surface area contributed by atoms with Gasteiger partial charge in [-0.3, -0.25) is 9.89 Å². The molecular weight excluding hydrogens is 523 g/mol. The first-order valence-electron chi connectivity index (χ1n) is 11.2. The normalized spacial score (nSPS) is 16.3. The molecule has 1 atom stereocenters. The summed E-state index contributed by atoms with van der Waals surface area (Å²) < 4.78 is 10.6. The highest BCUT2D eigenvalue weighted by molar-refractivity contribution is 14.0. The first-order valence-corrected chi connectivity index (χ1v) is 11.2. The van der Waals surface area contributed by atoms with Crippen LogP contribution in [0.1, 0.15) is 46.1 Å². The van der Waals surface area contributed by atoms with E-state index in [1.165, 1.54) is 0 Å². The molecule has 1 aliphatic heterocycles. The molecule has 0 bridgehead atoms. The third kappa shape index (κ3) is 9.93. The molecule has 9 nitrogen and oxygen atoms in total. The minimum atomic E-state index is -0.487. The van der Waals surface area contributed by atoms with E-state index in [9.17, 15) is 4.79 Å². The molecule has 10 heteroatoms. The van der Waals surface area contributed by atoms with E-state index in [0.29, 0.717) is 13.1 Å². The van der Waals surface area contributed by atoms with Gasteiger partial charge < -0.3 is 24.4 Å². The van der Waals surface area contributed by atoms with Gasteiger partial charge in [0.25, 0.3) is 0 Å². The SMILES string of the molecule is CCNC(=NCC(C)CN(C)C(=O)OC(C)(C)C)N1CCN(Cc2cc(C)on2)CC1.I. The fourth-order valence-electron chi connectivity index (χ4n) is 3.45. The van der Waals surface area contributed by atoms with Crippen LogP contribution in [0.5, 0.6) is 0 Å². The summed E-state index contributed by atoms with van der Waals surface area (Å²) in [7, 11) is 1.77. The highest BCUT2D eigenvalue weighted by atomic mass is 127. The Labute approximate surface area is 209 Å². The topological polar surface area (TPSA) is 86.4 Å². The van der Waals surface area contributed by atoms with Crippen LogP contribution in [-0.4, -0.2) is 90.4 Å². The number of aryl methyl sites for hydroxylation is 1. The van der Waals surface area contributed by atoms with Gasteiger partial charge >= 0.3 is 6.09 Å². The van der Waals surface area contributed by atoms with Gasteiger partial charge in [-0.1, -0.05) is 12.1 Å². The number of ether oxygens (including phenoxy) is 1. The molecule has 1 aliphatic rings. The number of carbonyl (C=O) groups is 1. The fraction of sp³-hybridized carbons (Fsp3) is 0.773. The van der Waals surface area contributed by atoms with Crippen molar-refractivity contribution >= 4 is 36.0 Å². The molecule has 0 spiro atoms. The Morgan fingerprint density at radius 2 is 2.00 bits per heavy atom. The summed E-state index contributed by atoms with van der Waals surface area (Å²) in [6.07, 6.45) is -0.298. The minimum absolute atomic E-state index is 0. The number of carbonyl (C=O) groups excluding carboxylic acids is 1. The third-order valence-electron chi connectivity index (χ3n) is 4.91. The number of amides is 1. The van der Waals surface area contributed by atoms with Gasteiger partial charge in [0.05, 0.1) is 5.69 Å². The van der Waals surface area contributed by atoms with Crippen molar-refractivity contribution in [2.45, 2.75) is 53.7 Å². The summed E-state index contributed by atoms with van der Waals surface area (Å²) in [6.45, 7) is 18.3. The first kappa shape index (κ1) is 28.5. The molecule has 1 fully saturated rings. The number of nitrogens with one attached hydrogen (secondary N) is 1. The summed E-state index contributed by atoms with van der Waals surface area (Å²) >= 11 is 0. The maximum atomic E-state index is 12.2. The van der Waals surface area contributed by atoms with Crippen LogP contribution in [0.4, 0.5) is 4.79 Å². The molecule has 1 aromatic heterocycles. The smallest absolute Gasteiger partial charge is 0.410 e. The number of aromatic nitrogens is 1. The number of nitrogens with zero attached hydrogens (tertiary/aromatic N) is 5. The van der Waals surface area contributed by atoms with Gasteiger partial charge in [0.15, 0.2) is 5.96 Å². The molecule has 1 saturated heterocycles. The van der Waals surface area contributed by atoms with Crippen LogP contribution in [0.2, 0.25) is 0 Å². The predicted molar refractivity (Wildman–Crippen MR) is 138 cm³/mol. The van der Waals surface area contributed by atoms with E-state index in [1.54, 1.807) is 11.9 Å². The molecule has 2 rings (SSSR count). The third-order valence-corrected chi connectivity index (χ3v) is 4.91. The van der Waals surface area contributed by atoms with Crippen molar-refractivity contribution in [3.63, 3.8) is 0 Å². The number of piperazine rings is 1. The van der Waals surface area contributed by atoms with Crippen LogP contribution in [0, 0.1) is 12.8 Å². The number of guanidine groups is 1. The van der Waals surface area contributed by atoms with Gasteiger partial charge in [-0.2, -0.15) is 0 Å². The second-order valence-corrected chi connectivity index (χ2v) is 9.35. The number of rotatable bonds is 7. The quantitative estimate of drug-likeness (QED) is 0.309. The molecule has 184 valence electrons. The second kappa shape index (κ2) is 13.2. The summed E-state index contributed by atoms with van der Waals surface area (Å²) in [5, 5.41) is 7.50. The molecule has 1 unspecified atom stereocenters. The van der Waals surface area contributed by atoms with Crippen molar-refractivity contribution in [1.29, 1.82) is 0 Å². The Bertz CT molecular complexity index is 725. The van der Waals surface area contributed by atoms with Crippen LogP contribution >= 0.6 is 24.0 Å². The standard InChI is InChI=1S/C22H40N6O3.HI/c1-8-23-20(24-14-17(2)15-26(7)21(29)30-22(4,5)6)28-11-9-27(10-12-28)16-19-13-18(3)31-25-19;/h13,17H,8-12,14-16H2,1-7H3,(H,23,24);1H. The highest BCUT2D eigenvalue weighted by Gasteiger charge is 2.22. The monoisotopic (exact) mass is 564 g/mol.